The number of rotatable bonds is 2. The number of hydrogen-bond acceptors (Lipinski definition) is 2. The number of nitrogens with one attached hydrogen (secondary N) is 2. The highest BCUT2D eigenvalue weighted by atomic mass is 19.2. The van der Waals surface area contributed by atoms with Gasteiger partial charge in [-0.3, -0.25) is 4.79 Å². The first-order valence-electron chi connectivity index (χ1n) is 5.17. The number of amides is 1. The van der Waals surface area contributed by atoms with Gasteiger partial charge in [-0.05, 0) is 31.5 Å². The van der Waals surface area contributed by atoms with Gasteiger partial charge in [0.2, 0.25) is 5.91 Å². The average molecular weight is 226 g/mol. The third-order valence-corrected chi connectivity index (χ3v) is 2.59. The Kier molecular flexibility index (Phi) is 3.14. The van der Waals surface area contributed by atoms with Gasteiger partial charge in [0.15, 0.2) is 11.6 Å². The molecule has 2 N–H and O–H groups in total. The highest BCUT2D eigenvalue weighted by Gasteiger charge is 2.23. The van der Waals surface area contributed by atoms with Crippen LogP contribution in [0.15, 0.2) is 18.2 Å². The molecule has 1 heterocycles. The molecule has 16 heavy (non-hydrogen) atoms. The predicted molar refractivity (Wildman–Crippen MR) is 56.0 cm³/mol. The first-order chi connectivity index (χ1) is 7.68. The summed E-state index contributed by atoms with van der Waals surface area (Å²) in [7, 11) is 0. The van der Waals surface area contributed by atoms with E-state index in [4.69, 9.17) is 0 Å². The van der Waals surface area contributed by atoms with Crippen LogP contribution in [0.4, 0.5) is 14.5 Å². The van der Waals surface area contributed by atoms with Gasteiger partial charge in [-0.1, -0.05) is 6.07 Å². The van der Waals surface area contributed by atoms with Crippen LogP contribution in [-0.2, 0) is 4.79 Å². The van der Waals surface area contributed by atoms with Crippen LogP contribution in [0.3, 0.4) is 0 Å². The molecule has 0 aromatic heterocycles. The molecular weight excluding hydrogens is 214 g/mol. The molecule has 0 unspecified atom stereocenters. The maximum absolute atomic E-state index is 13.2. The van der Waals surface area contributed by atoms with E-state index in [0.717, 1.165) is 25.5 Å². The van der Waals surface area contributed by atoms with Crippen molar-refractivity contribution in [2.45, 2.75) is 18.9 Å². The first kappa shape index (κ1) is 11.0. The van der Waals surface area contributed by atoms with Gasteiger partial charge in [0.25, 0.3) is 0 Å². The summed E-state index contributed by atoms with van der Waals surface area (Å²) in [6.07, 6.45) is 1.65. The molecule has 1 saturated heterocycles. The normalized spacial score (nSPS) is 19.8. The van der Waals surface area contributed by atoms with Gasteiger partial charge in [-0.25, -0.2) is 8.78 Å². The fraction of sp³-hybridized carbons (Fsp3) is 0.364. The molecule has 1 aliphatic heterocycles. The molecule has 0 saturated carbocycles. The van der Waals surface area contributed by atoms with Crippen LogP contribution < -0.4 is 10.6 Å². The number of halogens is 2. The van der Waals surface area contributed by atoms with E-state index in [9.17, 15) is 13.6 Å². The molecular formula is C11H12F2N2O. The van der Waals surface area contributed by atoms with Gasteiger partial charge in [-0.2, -0.15) is 0 Å². The zero-order valence-corrected chi connectivity index (χ0v) is 8.59. The molecule has 0 radical (unpaired) electrons. The summed E-state index contributed by atoms with van der Waals surface area (Å²) in [4.78, 5) is 11.6. The van der Waals surface area contributed by atoms with E-state index >= 15 is 0 Å². The van der Waals surface area contributed by atoms with Crippen molar-refractivity contribution in [3.63, 3.8) is 0 Å². The smallest absolute Gasteiger partial charge is 0.241 e. The molecule has 0 spiro atoms. The molecule has 3 nitrogen and oxygen atoms in total. The van der Waals surface area contributed by atoms with Crippen molar-refractivity contribution in [3.8, 4) is 0 Å². The Balaban J connectivity index is 2.08. The Morgan fingerprint density at radius 3 is 2.94 bits per heavy atom. The Morgan fingerprint density at radius 1 is 1.44 bits per heavy atom. The van der Waals surface area contributed by atoms with Crippen molar-refractivity contribution in [2.75, 3.05) is 11.9 Å². The minimum absolute atomic E-state index is 0.112. The first-order valence-corrected chi connectivity index (χ1v) is 5.17. The van der Waals surface area contributed by atoms with Crippen molar-refractivity contribution in [1.82, 2.24) is 5.32 Å². The van der Waals surface area contributed by atoms with Gasteiger partial charge in [0.1, 0.15) is 0 Å². The fourth-order valence-corrected chi connectivity index (χ4v) is 1.73. The van der Waals surface area contributed by atoms with E-state index in [1.807, 2.05) is 0 Å². The number of benzene rings is 1. The summed E-state index contributed by atoms with van der Waals surface area (Å²) in [6.45, 7) is 0.781. The topological polar surface area (TPSA) is 41.1 Å². The summed E-state index contributed by atoms with van der Waals surface area (Å²) in [6, 6.07) is 3.41. The van der Waals surface area contributed by atoms with Gasteiger partial charge >= 0.3 is 0 Å². The molecule has 1 aromatic carbocycles. The van der Waals surface area contributed by atoms with E-state index in [1.165, 1.54) is 12.1 Å². The zero-order chi connectivity index (χ0) is 11.5. The lowest BCUT2D eigenvalue weighted by atomic mass is 10.2. The van der Waals surface area contributed by atoms with E-state index in [1.54, 1.807) is 0 Å². The highest BCUT2D eigenvalue weighted by Crippen LogP contribution is 2.17. The van der Waals surface area contributed by atoms with Crippen LogP contribution in [0.25, 0.3) is 0 Å². The highest BCUT2D eigenvalue weighted by molar-refractivity contribution is 5.95. The Morgan fingerprint density at radius 2 is 2.25 bits per heavy atom. The Bertz CT molecular complexity index is 403. The van der Waals surface area contributed by atoms with Crippen molar-refractivity contribution >= 4 is 11.6 Å². The van der Waals surface area contributed by atoms with Crippen LogP contribution >= 0.6 is 0 Å². The van der Waals surface area contributed by atoms with Crippen molar-refractivity contribution < 1.29 is 13.6 Å². The summed E-state index contributed by atoms with van der Waals surface area (Å²) < 4.78 is 26.1. The lowest BCUT2D eigenvalue weighted by molar-refractivity contribution is -0.117. The standard InChI is InChI=1S/C11H12F2N2O/c12-7-3-1-4-8(10(7)13)15-11(16)9-5-2-6-14-9/h1,3-4,9,14H,2,5-6H2,(H,15,16)/t9-/m1/s1. The monoisotopic (exact) mass is 226 g/mol. The molecule has 2 rings (SSSR count). The molecule has 0 aliphatic carbocycles. The SMILES string of the molecule is O=C(Nc1cccc(F)c1F)[C@H]1CCCN1. The van der Waals surface area contributed by atoms with E-state index < -0.39 is 11.6 Å². The predicted octanol–water partition coefficient (Wildman–Crippen LogP) is 1.66. The Hall–Kier alpha value is -1.49. The number of carbonyl (C=O) groups is 1. The second kappa shape index (κ2) is 4.57. The van der Waals surface area contributed by atoms with Gasteiger partial charge < -0.3 is 10.6 Å². The molecule has 86 valence electrons. The van der Waals surface area contributed by atoms with E-state index in [0.29, 0.717) is 0 Å². The number of carbonyl (C=O) groups excluding carboxylic acids is 1. The maximum Gasteiger partial charge on any atom is 0.241 e. The second-order valence-electron chi connectivity index (χ2n) is 3.74. The Labute approximate surface area is 91.8 Å². The van der Waals surface area contributed by atoms with E-state index in [-0.39, 0.29) is 17.6 Å². The minimum Gasteiger partial charge on any atom is -0.322 e. The molecule has 1 aliphatic rings. The van der Waals surface area contributed by atoms with Crippen molar-refractivity contribution in [1.29, 1.82) is 0 Å². The van der Waals surface area contributed by atoms with Crippen LogP contribution in [0, 0.1) is 11.6 Å². The summed E-state index contributed by atoms with van der Waals surface area (Å²) >= 11 is 0. The lowest BCUT2D eigenvalue weighted by Crippen LogP contribution is -2.35. The third-order valence-electron chi connectivity index (χ3n) is 2.59. The zero-order valence-electron chi connectivity index (χ0n) is 8.59. The largest absolute Gasteiger partial charge is 0.322 e. The fourth-order valence-electron chi connectivity index (χ4n) is 1.73. The van der Waals surface area contributed by atoms with Gasteiger partial charge in [0.05, 0.1) is 11.7 Å². The molecule has 1 fully saturated rings. The molecule has 1 atom stereocenters. The number of anilines is 1. The average Bonchev–Trinajstić information content (AvgIpc) is 2.78. The quantitative estimate of drug-likeness (QED) is 0.805. The van der Waals surface area contributed by atoms with Gasteiger partial charge in [0, 0.05) is 0 Å². The van der Waals surface area contributed by atoms with Gasteiger partial charge in [-0.15, -0.1) is 0 Å². The maximum atomic E-state index is 13.2. The molecule has 1 amide bonds. The van der Waals surface area contributed by atoms with Crippen molar-refractivity contribution in [2.24, 2.45) is 0 Å². The third kappa shape index (κ3) is 2.19. The second-order valence-corrected chi connectivity index (χ2v) is 3.74. The molecule has 0 bridgehead atoms. The summed E-state index contributed by atoms with van der Waals surface area (Å²) in [5.74, 6) is -2.30. The van der Waals surface area contributed by atoms with Crippen LogP contribution in [-0.4, -0.2) is 18.5 Å². The number of hydrogen-bond donors (Lipinski definition) is 2. The summed E-state index contributed by atoms with van der Waals surface area (Å²) in [5, 5.41) is 5.36. The summed E-state index contributed by atoms with van der Waals surface area (Å²) in [5.41, 5.74) is -0.112. The van der Waals surface area contributed by atoms with Crippen LogP contribution in [0.5, 0.6) is 0 Å². The van der Waals surface area contributed by atoms with Crippen LogP contribution in [0.1, 0.15) is 12.8 Å². The minimum atomic E-state index is -1.02. The molecule has 1 aromatic rings. The molecule has 5 heteroatoms. The lowest BCUT2D eigenvalue weighted by Gasteiger charge is -2.11. The van der Waals surface area contributed by atoms with E-state index in [2.05, 4.69) is 10.6 Å². The van der Waals surface area contributed by atoms with Crippen molar-refractivity contribution in [3.05, 3.63) is 29.8 Å². The van der Waals surface area contributed by atoms with Crippen LogP contribution in [0.2, 0.25) is 0 Å².